The minimum Gasteiger partial charge on any atom is -0.389 e. The second-order valence-electron chi connectivity index (χ2n) is 4.09. The van der Waals surface area contributed by atoms with E-state index in [4.69, 9.17) is 0 Å². The van der Waals surface area contributed by atoms with E-state index in [1.54, 1.807) is 13.1 Å². The van der Waals surface area contributed by atoms with Crippen LogP contribution in [0.25, 0.3) is 11.2 Å². The van der Waals surface area contributed by atoms with E-state index < -0.39 is 6.10 Å². The molecule has 80 valence electrons. The first-order valence-electron chi connectivity index (χ1n) is 5.11. The Bertz CT molecular complexity index is 468. The highest BCUT2D eigenvalue weighted by molar-refractivity contribution is 5.71. The summed E-state index contributed by atoms with van der Waals surface area (Å²) in [6.45, 7) is 5.88. The molecule has 1 atom stereocenters. The SMILES string of the molecule is CC(C)c1nc2ncc(C(C)O)cc2[nH]1. The third-order valence-electron chi connectivity index (χ3n) is 2.41. The third-order valence-corrected chi connectivity index (χ3v) is 2.41. The monoisotopic (exact) mass is 205 g/mol. The Morgan fingerprint density at radius 3 is 2.67 bits per heavy atom. The molecule has 0 saturated heterocycles. The summed E-state index contributed by atoms with van der Waals surface area (Å²) < 4.78 is 0. The van der Waals surface area contributed by atoms with Crippen LogP contribution in [-0.2, 0) is 0 Å². The van der Waals surface area contributed by atoms with Gasteiger partial charge in [0.05, 0.1) is 11.6 Å². The average molecular weight is 205 g/mol. The summed E-state index contributed by atoms with van der Waals surface area (Å²) in [5.41, 5.74) is 2.40. The van der Waals surface area contributed by atoms with Crippen molar-refractivity contribution in [2.24, 2.45) is 0 Å². The van der Waals surface area contributed by atoms with Crippen LogP contribution in [-0.4, -0.2) is 20.1 Å². The fraction of sp³-hybridized carbons (Fsp3) is 0.455. The summed E-state index contributed by atoms with van der Waals surface area (Å²) in [5, 5.41) is 9.42. The Kier molecular flexibility index (Phi) is 2.44. The molecular formula is C11H15N3O. The molecule has 0 bridgehead atoms. The Morgan fingerprint density at radius 1 is 1.33 bits per heavy atom. The first-order chi connectivity index (χ1) is 7.08. The van der Waals surface area contributed by atoms with Crippen LogP contribution in [0.3, 0.4) is 0 Å². The van der Waals surface area contributed by atoms with Gasteiger partial charge in [0.1, 0.15) is 5.82 Å². The van der Waals surface area contributed by atoms with Gasteiger partial charge in [-0.3, -0.25) is 0 Å². The van der Waals surface area contributed by atoms with Crippen LogP contribution < -0.4 is 0 Å². The van der Waals surface area contributed by atoms with E-state index >= 15 is 0 Å². The molecule has 2 heterocycles. The lowest BCUT2D eigenvalue weighted by atomic mass is 10.2. The van der Waals surface area contributed by atoms with Crippen molar-refractivity contribution >= 4 is 11.2 Å². The van der Waals surface area contributed by atoms with Gasteiger partial charge in [0, 0.05) is 17.7 Å². The summed E-state index contributed by atoms with van der Waals surface area (Å²) in [6.07, 6.45) is 1.17. The highest BCUT2D eigenvalue weighted by Gasteiger charge is 2.09. The summed E-state index contributed by atoms with van der Waals surface area (Å²) in [7, 11) is 0. The maximum absolute atomic E-state index is 9.42. The van der Waals surface area contributed by atoms with E-state index in [0.29, 0.717) is 11.6 Å². The quantitative estimate of drug-likeness (QED) is 0.789. The largest absolute Gasteiger partial charge is 0.389 e. The van der Waals surface area contributed by atoms with Crippen molar-refractivity contribution in [3.05, 3.63) is 23.7 Å². The van der Waals surface area contributed by atoms with Crippen molar-refractivity contribution in [3.8, 4) is 0 Å². The van der Waals surface area contributed by atoms with Gasteiger partial charge >= 0.3 is 0 Å². The number of hydrogen-bond acceptors (Lipinski definition) is 3. The summed E-state index contributed by atoms with van der Waals surface area (Å²) in [6, 6.07) is 1.89. The number of aliphatic hydroxyl groups is 1. The van der Waals surface area contributed by atoms with Crippen molar-refractivity contribution < 1.29 is 5.11 Å². The van der Waals surface area contributed by atoms with E-state index in [1.807, 2.05) is 6.07 Å². The van der Waals surface area contributed by atoms with Gasteiger partial charge < -0.3 is 10.1 Å². The van der Waals surface area contributed by atoms with Gasteiger partial charge in [0.2, 0.25) is 0 Å². The van der Waals surface area contributed by atoms with Crippen LogP contribution >= 0.6 is 0 Å². The molecule has 0 spiro atoms. The number of hydrogen-bond donors (Lipinski definition) is 2. The van der Waals surface area contributed by atoms with Crippen LogP contribution in [0.1, 0.15) is 44.2 Å². The van der Waals surface area contributed by atoms with E-state index in [2.05, 4.69) is 28.8 Å². The fourth-order valence-electron chi connectivity index (χ4n) is 1.44. The van der Waals surface area contributed by atoms with E-state index in [0.717, 1.165) is 16.9 Å². The van der Waals surface area contributed by atoms with Crippen molar-refractivity contribution in [1.82, 2.24) is 15.0 Å². The van der Waals surface area contributed by atoms with Crippen LogP contribution in [0.2, 0.25) is 0 Å². The zero-order valence-corrected chi connectivity index (χ0v) is 9.15. The number of imidazole rings is 1. The molecule has 2 aromatic heterocycles. The molecule has 2 rings (SSSR count). The van der Waals surface area contributed by atoms with Gasteiger partial charge in [0.15, 0.2) is 5.65 Å². The zero-order valence-electron chi connectivity index (χ0n) is 9.15. The zero-order chi connectivity index (χ0) is 11.0. The number of nitrogens with zero attached hydrogens (tertiary/aromatic N) is 2. The summed E-state index contributed by atoms with van der Waals surface area (Å²) >= 11 is 0. The topological polar surface area (TPSA) is 61.8 Å². The number of aromatic amines is 1. The molecule has 0 amide bonds. The maximum atomic E-state index is 9.42. The molecule has 0 aliphatic carbocycles. The molecule has 1 unspecified atom stereocenters. The average Bonchev–Trinajstić information content (AvgIpc) is 2.59. The summed E-state index contributed by atoms with van der Waals surface area (Å²) in [4.78, 5) is 11.8. The second-order valence-corrected chi connectivity index (χ2v) is 4.09. The third kappa shape index (κ3) is 1.85. The number of pyridine rings is 1. The van der Waals surface area contributed by atoms with Crippen LogP contribution in [0.4, 0.5) is 0 Å². The van der Waals surface area contributed by atoms with Gasteiger partial charge in [-0.05, 0) is 13.0 Å². The van der Waals surface area contributed by atoms with Crippen molar-refractivity contribution in [3.63, 3.8) is 0 Å². The van der Waals surface area contributed by atoms with Crippen LogP contribution in [0.15, 0.2) is 12.3 Å². The molecule has 0 aliphatic rings. The predicted octanol–water partition coefficient (Wildman–Crippen LogP) is 2.13. The van der Waals surface area contributed by atoms with Crippen molar-refractivity contribution in [2.75, 3.05) is 0 Å². The van der Waals surface area contributed by atoms with Gasteiger partial charge in [-0.25, -0.2) is 9.97 Å². The molecule has 2 aromatic rings. The first-order valence-corrected chi connectivity index (χ1v) is 5.11. The van der Waals surface area contributed by atoms with Gasteiger partial charge in [-0.15, -0.1) is 0 Å². The molecule has 0 saturated carbocycles. The molecule has 4 heteroatoms. The number of aliphatic hydroxyl groups excluding tert-OH is 1. The lowest BCUT2D eigenvalue weighted by Crippen LogP contribution is -1.91. The number of nitrogens with one attached hydrogen (secondary N) is 1. The number of fused-ring (bicyclic) bond motifs is 1. The van der Waals surface area contributed by atoms with Crippen molar-refractivity contribution in [1.29, 1.82) is 0 Å². The Balaban J connectivity index is 2.52. The molecule has 0 radical (unpaired) electrons. The highest BCUT2D eigenvalue weighted by Crippen LogP contribution is 2.19. The molecule has 0 fully saturated rings. The normalized spacial score (nSPS) is 13.7. The molecule has 15 heavy (non-hydrogen) atoms. The van der Waals surface area contributed by atoms with Crippen LogP contribution in [0, 0.1) is 0 Å². The Morgan fingerprint density at radius 2 is 2.07 bits per heavy atom. The van der Waals surface area contributed by atoms with Crippen LogP contribution in [0.5, 0.6) is 0 Å². The van der Waals surface area contributed by atoms with E-state index in [-0.39, 0.29) is 0 Å². The minimum atomic E-state index is -0.493. The fourth-order valence-corrected chi connectivity index (χ4v) is 1.44. The standard InChI is InChI=1S/C11H15N3O/c1-6(2)10-13-9-4-8(7(3)15)5-12-11(9)14-10/h4-7,15H,1-3H3,(H,12,13,14). The van der Waals surface area contributed by atoms with Gasteiger partial charge in [0.25, 0.3) is 0 Å². The lowest BCUT2D eigenvalue weighted by molar-refractivity contribution is 0.199. The molecule has 0 aliphatic heterocycles. The van der Waals surface area contributed by atoms with Gasteiger partial charge in [-0.1, -0.05) is 13.8 Å². The summed E-state index contributed by atoms with van der Waals surface area (Å²) in [5.74, 6) is 1.29. The molecule has 2 N–H and O–H groups in total. The van der Waals surface area contributed by atoms with E-state index in [9.17, 15) is 5.11 Å². The number of H-pyrrole nitrogens is 1. The van der Waals surface area contributed by atoms with E-state index in [1.165, 1.54) is 0 Å². The smallest absolute Gasteiger partial charge is 0.177 e. The molecular weight excluding hydrogens is 190 g/mol. The molecule has 0 aromatic carbocycles. The van der Waals surface area contributed by atoms with Crippen molar-refractivity contribution in [2.45, 2.75) is 32.8 Å². The number of rotatable bonds is 2. The Hall–Kier alpha value is -1.42. The van der Waals surface area contributed by atoms with Gasteiger partial charge in [-0.2, -0.15) is 0 Å². The maximum Gasteiger partial charge on any atom is 0.177 e. The lowest BCUT2D eigenvalue weighted by Gasteiger charge is -2.01. The predicted molar refractivity (Wildman–Crippen MR) is 58.6 cm³/mol. The minimum absolute atomic E-state index is 0.356. The first kappa shape index (κ1) is 10.1. The number of aromatic nitrogens is 3. The second kappa shape index (κ2) is 3.62. The highest BCUT2D eigenvalue weighted by atomic mass is 16.3. The Labute approximate surface area is 88.4 Å². The molecule has 4 nitrogen and oxygen atoms in total.